The fourth-order valence-electron chi connectivity index (χ4n) is 1.72. The third kappa shape index (κ3) is 14.7. The molecule has 0 unspecified atom stereocenters. The predicted molar refractivity (Wildman–Crippen MR) is 96.2 cm³/mol. The van der Waals surface area contributed by atoms with Gasteiger partial charge in [-0.25, -0.2) is 0 Å². The summed E-state index contributed by atoms with van der Waals surface area (Å²) in [5, 5.41) is 19.6. The summed E-state index contributed by atoms with van der Waals surface area (Å²) in [7, 11) is 0. The lowest BCUT2D eigenvalue weighted by atomic mass is 10.1. The average Bonchev–Trinajstić information content (AvgIpc) is 2.56. The molecule has 0 saturated heterocycles. The number of rotatable bonds is 10. The second-order valence-electron chi connectivity index (χ2n) is 5.20. The van der Waals surface area contributed by atoms with Crippen LogP contribution >= 0.6 is 0 Å². The number of carboxylic acid groups (broad SMARTS) is 2. The Labute approximate surface area is 146 Å². The number of guanidine groups is 1. The van der Waals surface area contributed by atoms with Gasteiger partial charge in [0, 0.05) is 6.54 Å². The number of aliphatic imine (C=N–C) groups is 1. The third-order valence-electron chi connectivity index (χ3n) is 2.99. The minimum absolute atomic E-state index is 0.0129. The maximum absolute atomic E-state index is 10.2. The van der Waals surface area contributed by atoms with Gasteiger partial charge < -0.3 is 32.7 Å². The number of carboxylic acids is 2. The molecule has 0 aliphatic carbocycles. The zero-order valence-corrected chi connectivity index (χ0v) is 14.1. The standard InChI is InChI=1S/C10H13NO2.C6H14N4O2/c12-10(13)8-11-7-6-9-4-2-1-3-5-9;7-4(5(11)12)2-1-3-10-6(8)9/h1-5,11H,6-8H2,(H,12,13);4H,1-3,7H2,(H,11,12)(H4,8,9,10)/t;4-/m.0/s1. The van der Waals surface area contributed by atoms with Crippen LogP contribution in [0.1, 0.15) is 18.4 Å². The van der Waals surface area contributed by atoms with Gasteiger partial charge in [-0.3, -0.25) is 14.6 Å². The van der Waals surface area contributed by atoms with E-state index in [9.17, 15) is 9.59 Å². The van der Waals surface area contributed by atoms with Crippen LogP contribution in [-0.2, 0) is 16.0 Å². The summed E-state index contributed by atoms with van der Waals surface area (Å²) in [4.78, 5) is 24.0. The molecule has 0 aliphatic heterocycles. The van der Waals surface area contributed by atoms with Crippen molar-refractivity contribution < 1.29 is 19.8 Å². The number of nitrogens with zero attached hydrogens (tertiary/aromatic N) is 1. The molecular weight excluding hydrogens is 326 g/mol. The summed E-state index contributed by atoms with van der Waals surface area (Å²) in [6.45, 7) is 1.16. The predicted octanol–water partition coefficient (Wildman–Crippen LogP) is -0.645. The Morgan fingerprint density at radius 2 is 1.80 bits per heavy atom. The molecule has 9 nitrogen and oxygen atoms in total. The number of aliphatic carboxylic acids is 2. The van der Waals surface area contributed by atoms with E-state index in [2.05, 4.69) is 10.3 Å². The Balaban J connectivity index is 0.000000463. The summed E-state index contributed by atoms with van der Waals surface area (Å²) in [5.74, 6) is -1.80. The fraction of sp³-hybridized carbons (Fsp3) is 0.438. The lowest BCUT2D eigenvalue weighted by Gasteiger charge is -2.03. The van der Waals surface area contributed by atoms with Gasteiger partial charge in [0.25, 0.3) is 0 Å². The third-order valence-corrected chi connectivity index (χ3v) is 2.99. The molecule has 0 bridgehead atoms. The Morgan fingerprint density at radius 3 is 2.32 bits per heavy atom. The van der Waals surface area contributed by atoms with Crippen molar-refractivity contribution in [2.45, 2.75) is 25.3 Å². The maximum atomic E-state index is 10.2. The van der Waals surface area contributed by atoms with E-state index in [1.54, 1.807) is 0 Å². The smallest absolute Gasteiger partial charge is 0.320 e. The molecule has 9 N–H and O–H groups in total. The molecule has 0 spiro atoms. The van der Waals surface area contributed by atoms with Gasteiger partial charge in [-0.1, -0.05) is 30.3 Å². The summed E-state index contributed by atoms with van der Waals surface area (Å²) in [6.07, 6.45) is 1.82. The largest absolute Gasteiger partial charge is 0.480 e. The van der Waals surface area contributed by atoms with Crippen LogP contribution in [0.3, 0.4) is 0 Å². The van der Waals surface area contributed by atoms with E-state index >= 15 is 0 Å². The van der Waals surface area contributed by atoms with Gasteiger partial charge in [0.2, 0.25) is 0 Å². The van der Waals surface area contributed by atoms with E-state index in [-0.39, 0.29) is 12.5 Å². The van der Waals surface area contributed by atoms with E-state index in [4.69, 9.17) is 27.4 Å². The van der Waals surface area contributed by atoms with Crippen molar-refractivity contribution >= 4 is 17.9 Å². The summed E-state index contributed by atoms with van der Waals surface area (Å²) in [6, 6.07) is 9.16. The Bertz CT molecular complexity index is 533. The Kier molecular flexibility index (Phi) is 12.3. The van der Waals surface area contributed by atoms with Crippen LogP contribution in [-0.4, -0.2) is 53.8 Å². The van der Waals surface area contributed by atoms with Crippen molar-refractivity contribution in [1.29, 1.82) is 0 Å². The molecule has 9 heteroatoms. The zero-order chi connectivity index (χ0) is 19.1. The average molecular weight is 353 g/mol. The van der Waals surface area contributed by atoms with Crippen LogP contribution in [0, 0.1) is 0 Å². The molecule has 0 saturated carbocycles. The maximum Gasteiger partial charge on any atom is 0.320 e. The van der Waals surface area contributed by atoms with E-state index < -0.39 is 18.0 Å². The Hall–Kier alpha value is -2.65. The molecule has 1 aromatic rings. The van der Waals surface area contributed by atoms with Gasteiger partial charge in [-0.05, 0) is 31.4 Å². The summed E-state index contributed by atoms with van der Waals surface area (Å²) < 4.78 is 0. The molecule has 0 heterocycles. The van der Waals surface area contributed by atoms with Crippen LogP contribution in [0.15, 0.2) is 35.3 Å². The SMILES string of the molecule is NC(N)=NCCC[C@H](N)C(=O)O.O=C(O)CNCCc1ccccc1. The molecule has 0 amide bonds. The van der Waals surface area contributed by atoms with Crippen molar-refractivity contribution in [2.75, 3.05) is 19.6 Å². The molecule has 25 heavy (non-hydrogen) atoms. The van der Waals surface area contributed by atoms with Gasteiger partial charge >= 0.3 is 11.9 Å². The highest BCUT2D eigenvalue weighted by atomic mass is 16.4. The molecule has 1 rings (SSSR count). The van der Waals surface area contributed by atoms with Crippen LogP contribution in [0.4, 0.5) is 0 Å². The van der Waals surface area contributed by atoms with Crippen LogP contribution in [0.5, 0.6) is 0 Å². The van der Waals surface area contributed by atoms with E-state index in [1.165, 1.54) is 5.56 Å². The molecule has 140 valence electrons. The first kappa shape index (κ1) is 22.4. The van der Waals surface area contributed by atoms with Crippen molar-refractivity contribution in [3.8, 4) is 0 Å². The summed E-state index contributed by atoms with van der Waals surface area (Å²) >= 11 is 0. The first-order chi connectivity index (χ1) is 11.8. The Morgan fingerprint density at radius 1 is 1.16 bits per heavy atom. The number of nitrogens with one attached hydrogen (secondary N) is 1. The first-order valence-corrected chi connectivity index (χ1v) is 7.83. The second-order valence-corrected chi connectivity index (χ2v) is 5.20. The second kappa shape index (κ2) is 13.8. The van der Waals surface area contributed by atoms with Crippen LogP contribution in [0.25, 0.3) is 0 Å². The molecule has 0 aromatic heterocycles. The molecule has 1 atom stereocenters. The van der Waals surface area contributed by atoms with E-state index in [1.807, 2.05) is 30.3 Å². The zero-order valence-electron chi connectivity index (χ0n) is 14.1. The minimum atomic E-state index is -1.00. The van der Waals surface area contributed by atoms with Gasteiger partial charge in [-0.2, -0.15) is 0 Å². The van der Waals surface area contributed by atoms with Gasteiger partial charge in [0.15, 0.2) is 5.96 Å². The summed E-state index contributed by atoms with van der Waals surface area (Å²) in [5.41, 5.74) is 16.5. The quantitative estimate of drug-likeness (QED) is 0.183. The number of hydrogen-bond acceptors (Lipinski definition) is 5. The monoisotopic (exact) mass is 353 g/mol. The highest BCUT2D eigenvalue weighted by Gasteiger charge is 2.09. The highest BCUT2D eigenvalue weighted by Crippen LogP contribution is 1.97. The first-order valence-electron chi connectivity index (χ1n) is 7.83. The highest BCUT2D eigenvalue weighted by molar-refractivity contribution is 5.75. The molecule has 0 aliphatic rings. The van der Waals surface area contributed by atoms with Gasteiger partial charge in [0.05, 0.1) is 6.54 Å². The van der Waals surface area contributed by atoms with Crippen LogP contribution in [0.2, 0.25) is 0 Å². The van der Waals surface area contributed by atoms with Gasteiger partial charge in [0.1, 0.15) is 6.04 Å². The number of nitrogens with two attached hydrogens (primary N) is 3. The lowest BCUT2D eigenvalue weighted by molar-refractivity contribution is -0.139. The van der Waals surface area contributed by atoms with Gasteiger partial charge in [-0.15, -0.1) is 0 Å². The van der Waals surface area contributed by atoms with E-state index in [0.29, 0.717) is 25.9 Å². The van der Waals surface area contributed by atoms with Crippen molar-refractivity contribution in [1.82, 2.24) is 5.32 Å². The van der Waals surface area contributed by atoms with Crippen molar-refractivity contribution in [3.05, 3.63) is 35.9 Å². The normalized spacial score (nSPS) is 10.9. The topological polar surface area (TPSA) is 177 Å². The number of carbonyl (C=O) groups is 2. The minimum Gasteiger partial charge on any atom is -0.480 e. The van der Waals surface area contributed by atoms with Crippen LogP contribution < -0.4 is 22.5 Å². The molecule has 0 radical (unpaired) electrons. The lowest BCUT2D eigenvalue weighted by Crippen LogP contribution is -2.30. The van der Waals surface area contributed by atoms with Crippen molar-refractivity contribution in [3.63, 3.8) is 0 Å². The van der Waals surface area contributed by atoms with Crippen molar-refractivity contribution in [2.24, 2.45) is 22.2 Å². The molecule has 0 fully saturated rings. The molecule has 1 aromatic carbocycles. The number of benzene rings is 1. The molecular formula is C16H27N5O4. The number of hydrogen-bond donors (Lipinski definition) is 6. The van der Waals surface area contributed by atoms with E-state index in [0.717, 1.165) is 6.42 Å². The fourth-order valence-corrected chi connectivity index (χ4v) is 1.72.